The summed E-state index contributed by atoms with van der Waals surface area (Å²) in [6, 6.07) is 4.34. The van der Waals surface area contributed by atoms with Gasteiger partial charge in [0.1, 0.15) is 29.5 Å². The topological polar surface area (TPSA) is 105 Å². The van der Waals surface area contributed by atoms with Crippen LogP contribution in [0.4, 0.5) is 19.7 Å². The summed E-state index contributed by atoms with van der Waals surface area (Å²) in [5, 5.41) is 4.37. The minimum absolute atomic E-state index is 0.0422. The number of pyridine rings is 1. The zero-order valence-electron chi connectivity index (χ0n) is 22.5. The Labute approximate surface area is 234 Å². The number of hydrogen-bond donors (Lipinski definition) is 2. The van der Waals surface area contributed by atoms with Crippen LogP contribution in [0.1, 0.15) is 39.5 Å². The molecular weight excluding hydrogens is 534 g/mol. The van der Waals surface area contributed by atoms with Crippen LogP contribution in [0.2, 0.25) is 0 Å². The van der Waals surface area contributed by atoms with E-state index in [1.54, 1.807) is 6.20 Å². The molecule has 0 saturated carbocycles. The van der Waals surface area contributed by atoms with Crippen LogP contribution in [0.15, 0.2) is 18.3 Å². The molecule has 3 fully saturated rings. The molecule has 3 aromatic heterocycles. The average Bonchev–Trinajstić information content (AvgIpc) is 3.66. The number of benzene rings is 1. The number of aromatic nitrogens is 4. The minimum atomic E-state index is -0.617. The lowest BCUT2D eigenvalue weighted by Gasteiger charge is -2.34. The summed E-state index contributed by atoms with van der Waals surface area (Å²) >= 11 is 1.03. The Morgan fingerprint density at radius 2 is 1.90 bits per heavy atom. The smallest absolute Gasteiger partial charge is 0.319 e. The number of anilines is 2. The summed E-state index contributed by atoms with van der Waals surface area (Å²) in [5.41, 5.74) is 6.69. The van der Waals surface area contributed by atoms with E-state index in [-0.39, 0.29) is 38.6 Å². The van der Waals surface area contributed by atoms with Crippen LogP contribution < -0.4 is 20.7 Å². The van der Waals surface area contributed by atoms with E-state index in [1.165, 1.54) is 12.1 Å². The van der Waals surface area contributed by atoms with Crippen molar-refractivity contribution < 1.29 is 13.5 Å². The number of likely N-dealkylation sites (tertiary alicyclic amines) is 1. The number of nitrogens with one attached hydrogen (secondary N) is 1. The zero-order chi connectivity index (χ0) is 27.5. The number of piperazine rings is 1. The maximum atomic E-state index is 16.4. The van der Waals surface area contributed by atoms with Gasteiger partial charge in [0.2, 0.25) is 0 Å². The standard InChI is InChI=1S/C28H32F2N8OS/c1-14(2)38-9-3-4-17(38)13-39-28-35-23-19(26(36-28)37-11-15-5-6-16(12-37)33-15)10-32-22(21(23)30)18-7-8-20(29)25-24(18)34-27(31)40-25/h7-8,10,14-17,33H,3-6,9,11-13H2,1-2H3,(H2,31,34)/t15?,16?,17-/m0/s1. The van der Waals surface area contributed by atoms with E-state index < -0.39 is 11.6 Å². The monoisotopic (exact) mass is 566 g/mol. The van der Waals surface area contributed by atoms with Crippen LogP contribution >= 0.6 is 11.3 Å². The van der Waals surface area contributed by atoms with E-state index in [4.69, 9.17) is 15.5 Å². The number of nitrogen functional groups attached to an aromatic ring is 1. The van der Waals surface area contributed by atoms with Crippen LogP contribution in [0.5, 0.6) is 6.01 Å². The van der Waals surface area contributed by atoms with Crippen molar-refractivity contribution in [1.82, 2.24) is 30.2 Å². The van der Waals surface area contributed by atoms with Gasteiger partial charge in [-0.3, -0.25) is 9.88 Å². The summed E-state index contributed by atoms with van der Waals surface area (Å²) in [6.07, 6.45) is 5.98. The molecule has 0 amide bonds. The van der Waals surface area contributed by atoms with Gasteiger partial charge in [0, 0.05) is 49.0 Å². The van der Waals surface area contributed by atoms with Gasteiger partial charge in [-0.2, -0.15) is 9.97 Å². The third-order valence-corrected chi connectivity index (χ3v) is 9.31. The van der Waals surface area contributed by atoms with Crippen LogP contribution in [0, 0.1) is 11.6 Å². The van der Waals surface area contributed by atoms with Gasteiger partial charge in [0.15, 0.2) is 10.9 Å². The van der Waals surface area contributed by atoms with Crippen molar-refractivity contribution in [2.24, 2.45) is 0 Å². The first-order valence-electron chi connectivity index (χ1n) is 14.0. The van der Waals surface area contributed by atoms with Crippen molar-refractivity contribution in [3.8, 4) is 17.3 Å². The summed E-state index contributed by atoms with van der Waals surface area (Å²) in [6.45, 7) is 7.39. The first kappa shape index (κ1) is 25.7. The summed E-state index contributed by atoms with van der Waals surface area (Å²) in [5.74, 6) is -0.441. The predicted octanol–water partition coefficient (Wildman–Crippen LogP) is 4.35. The molecule has 0 spiro atoms. The summed E-state index contributed by atoms with van der Waals surface area (Å²) in [7, 11) is 0. The Bertz CT molecular complexity index is 1580. The second-order valence-electron chi connectivity index (χ2n) is 11.3. The van der Waals surface area contributed by atoms with E-state index in [2.05, 4.69) is 43.9 Å². The molecule has 2 unspecified atom stereocenters. The maximum Gasteiger partial charge on any atom is 0.319 e. The van der Waals surface area contributed by atoms with Crippen molar-refractivity contribution in [3.05, 3.63) is 30.0 Å². The fraction of sp³-hybridized carbons (Fsp3) is 0.500. The lowest BCUT2D eigenvalue weighted by Crippen LogP contribution is -2.51. The minimum Gasteiger partial charge on any atom is -0.462 e. The Morgan fingerprint density at radius 1 is 1.10 bits per heavy atom. The molecule has 4 aromatic rings. The normalized spacial score (nSPS) is 23.2. The largest absolute Gasteiger partial charge is 0.462 e. The Balaban J connectivity index is 1.32. The molecule has 3 N–H and O–H groups in total. The Kier molecular flexibility index (Phi) is 6.43. The van der Waals surface area contributed by atoms with Gasteiger partial charge < -0.3 is 20.7 Å². The maximum absolute atomic E-state index is 16.4. The van der Waals surface area contributed by atoms with Crippen LogP contribution in [0.3, 0.4) is 0 Å². The van der Waals surface area contributed by atoms with E-state index in [9.17, 15) is 4.39 Å². The van der Waals surface area contributed by atoms with Crippen molar-refractivity contribution >= 4 is 43.4 Å². The van der Waals surface area contributed by atoms with Gasteiger partial charge in [-0.05, 0) is 58.2 Å². The third kappa shape index (κ3) is 4.42. The number of ether oxygens (including phenoxy) is 1. The quantitative estimate of drug-likeness (QED) is 0.352. The summed E-state index contributed by atoms with van der Waals surface area (Å²) in [4.78, 5) is 22.8. The van der Waals surface area contributed by atoms with E-state index >= 15 is 4.39 Å². The van der Waals surface area contributed by atoms with E-state index in [0.717, 1.165) is 56.7 Å². The number of thiazole rings is 1. The molecule has 12 heteroatoms. The lowest BCUT2D eigenvalue weighted by molar-refractivity contribution is 0.138. The van der Waals surface area contributed by atoms with Crippen molar-refractivity contribution in [3.63, 3.8) is 0 Å². The molecular formula is C28H32F2N8OS. The number of nitrogens with two attached hydrogens (primary N) is 1. The molecule has 3 saturated heterocycles. The van der Waals surface area contributed by atoms with E-state index in [1.807, 2.05) is 0 Å². The predicted molar refractivity (Wildman–Crippen MR) is 153 cm³/mol. The molecule has 3 atom stereocenters. The molecule has 0 radical (unpaired) electrons. The van der Waals surface area contributed by atoms with Crippen molar-refractivity contribution in [1.29, 1.82) is 0 Å². The fourth-order valence-corrected chi connectivity index (χ4v) is 7.32. The molecule has 9 nitrogen and oxygen atoms in total. The lowest BCUT2D eigenvalue weighted by atomic mass is 10.1. The highest BCUT2D eigenvalue weighted by Crippen LogP contribution is 2.38. The Hall–Kier alpha value is -3.22. The second kappa shape index (κ2) is 10.0. The zero-order valence-corrected chi connectivity index (χ0v) is 23.3. The second-order valence-corrected chi connectivity index (χ2v) is 12.3. The molecule has 6 heterocycles. The molecule has 40 heavy (non-hydrogen) atoms. The summed E-state index contributed by atoms with van der Waals surface area (Å²) < 4.78 is 37.3. The van der Waals surface area contributed by atoms with Crippen LogP contribution in [-0.2, 0) is 0 Å². The van der Waals surface area contributed by atoms with E-state index in [0.29, 0.717) is 41.5 Å². The Morgan fingerprint density at radius 3 is 2.67 bits per heavy atom. The molecule has 0 aliphatic carbocycles. The molecule has 210 valence electrons. The van der Waals surface area contributed by atoms with Crippen molar-refractivity contribution in [2.45, 2.75) is 63.7 Å². The van der Waals surface area contributed by atoms with Gasteiger partial charge in [0.05, 0.1) is 15.6 Å². The molecule has 2 bridgehead atoms. The molecule has 7 rings (SSSR count). The molecule has 3 aliphatic rings. The fourth-order valence-electron chi connectivity index (χ4n) is 6.56. The van der Waals surface area contributed by atoms with Gasteiger partial charge in [0.25, 0.3) is 0 Å². The van der Waals surface area contributed by atoms with Crippen LogP contribution in [-0.4, -0.2) is 75.2 Å². The van der Waals surface area contributed by atoms with Crippen LogP contribution in [0.25, 0.3) is 32.4 Å². The first-order valence-corrected chi connectivity index (χ1v) is 14.8. The highest BCUT2D eigenvalue weighted by molar-refractivity contribution is 7.22. The van der Waals surface area contributed by atoms with Gasteiger partial charge in [-0.15, -0.1) is 0 Å². The third-order valence-electron chi connectivity index (χ3n) is 8.42. The highest BCUT2D eigenvalue weighted by atomic mass is 32.1. The number of nitrogens with zero attached hydrogens (tertiary/aromatic N) is 6. The van der Waals surface area contributed by atoms with Gasteiger partial charge in [-0.25, -0.2) is 13.8 Å². The molecule has 3 aliphatic heterocycles. The first-order chi connectivity index (χ1) is 19.4. The van der Waals surface area contributed by atoms with Gasteiger partial charge >= 0.3 is 6.01 Å². The van der Waals surface area contributed by atoms with Crippen molar-refractivity contribution in [2.75, 3.05) is 36.9 Å². The highest BCUT2D eigenvalue weighted by Gasteiger charge is 2.34. The molecule has 1 aromatic carbocycles. The average molecular weight is 567 g/mol. The SMILES string of the molecule is CC(C)N1CCC[C@H]1COc1nc(N2CC3CCC(C2)N3)c2cnc(-c3ccc(F)c4sc(N)nc34)c(F)c2n1. The number of halogens is 2. The number of fused-ring (bicyclic) bond motifs is 4. The number of rotatable bonds is 6. The van der Waals surface area contributed by atoms with Gasteiger partial charge in [-0.1, -0.05) is 11.3 Å². The number of hydrogen-bond acceptors (Lipinski definition) is 10.